The molecule has 5 aromatic rings. The van der Waals surface area contributed by atoms with Gasteiger partial charge in [-0.2, -0.15) is 15.3 Å². The molecule has 0 aliphatic carbocycles. The van der Waals surface area contributed by atoms with Crippen molar-refractivity contribution in [2.45, 2.75) is 53.1 Å². The molecule has 0 amide bonds. The fourth-order valence-corrected chi connectivity index (χ4v) is 5.48. The fraction of sp³-hybridized carbons (Fsp3) is 0.312. The molecular formula is C32H33Cl2N9O2. The summed E-state index contributed by atoms with van der Waals surface area (Å²) in [5, 5.41) is 14.3. The van der Waals surface area contributed by atoms with Crippen molar-refractivity contribution in [1.29, 1.82) is 0 Å². The maximum atomic E-state index is 15.0. The molecule has 13 heteroatoms. The van der Waals surface area contributed by atoms with Gasteiger partial charge in [-0.05, 0) is 47.4 Å². The smallest absolute Gasteiger partial charge is 0.186 e. The number of Topliss-reactive ketones (excluding diaryl/α,β-unsaturated/α-hetero) is 2. The van der Waals surface area contributed by atoms with Crippen molar-refractivity contribution < 1.29 is 9.59 Å². The summed E-state index contributed by atoms with van der Waals surface area (Å²) in [6.07, 6.45) is 8.91. The first kappa shape index (κ1) is 31.9. The molecule has 0 aliphatic rings. The average molecular weight is 647 g/mol. The summed E-state index contributed by atoms with van der Waals surface area (Å²) in [4.78, 5) is 41.5. The molecule has 0 radical (unpaired) electrons. The van der Waals surface area contributed by atoms with Crippen LogP contribution in [0.15, 0.2) is 86.5 Å². The number of halogens is 2. The van der Waals surface area contributed by atoms with E-state index in [-0.39, 0.29) is 18.0 Å². The van der Waals surface area contributed by atoms with Gasteiger partial charge in [0.1, 0.15) is 55.7 Å². The van der Waals surface area contributed by atoms with Gasteiger partial charge in [0.05, 0.1) is 0 Å². The summed E-state index contributed by atoms with van der Waals surface area (Å²) >= 11 is 12.5. The van der Waals surface area contributed by atoms with E-state index in [9.17, 15) is 9.59 Å². The molecule has 0 N–H and O–H groups in total. The first-order valence-corrected chi connectivity index (χ1v) is 15.0. The van der Waals surface area contributed by atoms with Crippen molar-refractivity contribution in [1.82, 2.24) is 44.3 Å². The minimum atomic E-state index is -1.07. The van der Waals surface area contributed by atoms with Gasteiger partial charge >= 0.3 is 0 Å². The lowest BCUT2D eigenvalue weighted by Gasteiger charge is -2.34. The molecule has 0 fully saturated rings. The van der Waals surface area contributed by atoms with Gasteiger partial charge in [-0.1, -0.05) is 82.1 Å². The van der Waals surface area contributed by atoms with E-state index in [0.29, 0.717) is 21.3 Å². The normalized spacial score (nSPS) is 14.1. The Hall–Kier alpha value is -4.48. The number of allylic oxidation sites excluding steroid dienone is 2. The number of aromatic nitrogens is 9. The predicted octanol–water partition coefficient (Wildman–Crippen LogP) is 6.27. The Kier molecular flexibility index (Phi) is 9.13. The maximum Gasteiger partial charge on any atom is 0.186 e. The summed E-state index contributed by atoms with van der Waals surface area (Å²) < 4.78 is 4.64. The van der Waals surface area contributed by atoms with Gasteiger partial charge in [0, 0.05) is 20.9 Å². The number of hydrogen-bond acceptors (Lipinski definition) is 8. The predicted molar refractivity (Wildman–Crippen MR) is 171 cm³/mol. The zero-order chi connectivity index (χ0) is 32.4. The molecule has 232 valence electrons. The lowest BCUT2D eigenvalue weighted by Crippen LogP contribution is -2.39. The summed E-state index contributed by atoms with van der Waals surface area (Å²) in [6, 6.07) is 12.9. The lowest BCUT2D eigenvalue weighted by molar-refractivity contribution is -0.131. The minimum Gasteiger partial charge on any atom is -0.297 e. The molecular weight excluding hydrogens is 613 g/mol. The Balaban J connectivity index is 1.68. The molecule has 3 aromatic heterocycles. The van der Waals surface area contributed by atoms with E-state index in [4.69, 9.17) is 23.2 Å². The van der Waals surface area contributed by atoms with Crippen molar-refractivity contribution >= 4 is 46.0 Å². The van der Waals surface area contributed by atoms with E-state index in [1.54, 1.807) is 35.3 Å². The molecule has 0 bridgehead atoms. The van der Waals surface area contributed by atoms with Crippen LogP contribution in [-0.2, 0) is 9.59 Å². The van der Waals surface area contributed by atoms with Crippen molar-refractivity contribution in [2.75, 3.05) is 0 Å². The standard InChI is InChI=1S/C32H33Cl2N9O2/c1-31(2,3)29(44)27(42-19-36-16-39-42)25(21-6-10-23(33)11-7-21)14-32(4,5)30(45)28(43-20-37-17-40-43)26(41-18-35-15-38-41)22-8-12-24(34)13-9-22/h6-13,15-20,26,28H,14H2,1-5H3. The highest BCUT2D eigenvalue weighted by molar-refractivity contribution is 6.31. The summed E-state index contributed by atoms with van der Waals surface area (Å²) in [5.41, 5.74) is 0.618. The number of carbonyl (C=O) groups excluding carboxylic acids is 2. The number of nitrogens with zero attached hydrogens (tertiary/aromatic N) is 9. The van der Waals surface area contributed by atoms with Crippen LogP contribution in [0.2, 0.25) is 10.0 Å². The van der Waals surface area contributed by atoms with Crippen LogP contribution in [-0.4, -0.2) is 55.9 Å². The van der Waals surface area contributed by atoms with Gasteiger partial charge in [0.25, 0.3) is 0 Å². The second kappa shape index (κ2) is 12.9. The monoisotopic (exact) mass is 645 g/mol. The Labute approximate surface area is 270 Å². The van der Waals surface area contributed by atoms with Crippen molar-refractivity contribution in [3.05, 3.63) is 108 Å². The van der Waals surface area contributed by atoms with Crippen molar-refractivity contribution in [3.8, 4) is 0 Å². The van der Waals surface area contributed by atoms with Gasteiger partial charge in [-0.25, -0.2) is 29.0 Å². The van der Waals surface area contributed by atoms with Gasteiger partial charge in [-0.3, -0.25) is 9.59 Å². The van der Waals surface area contributed by atoms with Crippen LogP contribution < -0.4 is 0 Å². The maximum absolute atomic E-state index is 15.0. The zero-order valence-corrected chi connectivity index (χ0v) is 27.1. The van der Waals surface area contributed by atoms with E-state index in [1.165, 1.54) is 41.0 Å². The minimum absolute atomic E-state index is 0.157. The molecule has 5 rings (SSSR count). The molecule has 2 aromatic carbocycles. The van der Waals surface area contributed by atoms with E-state index >= 15 is 0 Å². The van der Waals surface area contributed by atoms with Crippen LogP contribution in [0.3, 0.4) is 0 Å². The SMILES string of the molecule is CC(C)(C)C(=O)C(=C(CC(C)(C)C(=O)C(C(c1ccc(Cl)cc1)n1cncn1)n1cncn1)c1ccc(Cl)cc1)n1cncn1. The number of benzene rings is 2. The van der Waals surface area contributed by atoms with Crippen LogP contribution in [0, 0.1) is 10.8 Å². The van der Waals surface area contributed by atoms with Crippen LogP contribution in [0.25, 0.3) is 11.3 Å². The third-order valence-corrected chi connectivity index (χ3v) is 8.03. The van der Waals surface area contributed by atoms with Gasteiger partial charge in [0.2, 0.25) is 0 Å². The number of carbonyl (C=O) groups is 2. The molecule has 0 saturated carbocycles. The molecule has 0 spiro atoms. The molecule has 2 unspecified atom stereocenters. The molecule has 0 saturated heterocycles. The summed E-state index contributed by atoms with van der Waals surface area (Å²) in [7, 11) is 0. The Morgan fingerprint density at radius 2 is 1.27 bits per heavy atom. The highest BCUT2D eigenvalue weighted by Gasteiger charge is 2.43. The lowest BCUT2D eigenvalue weighted by atomic mass is 9.74. The van der Waals surface area contributed by atoms with Crippen molar-refractivity contribution in [2.24, 2.45) is 10.8 Å². The Morgan fingerprint density at radius 3 is 1.78 bits per heavy atom. The van der Waals surface area contributed by atoms with E-state index in [0.717, 1.165) is 11.1 Å². The van der Waals surface area contributed by atoms with Gasteiger partial charge < -0.3 is 0 Å². The van der Waals surface area contributed by atoms with Crippen molar-refractivity contribution in [3.63, 3.8) is 0 Å². The zero-order valence-electron chi connectivity index (χ0n) is 25.5. The highest BCUT2D eigenvalue weighted by Crippen LogP contribution is 2.43. The molecule has 2 atom stereocenters. The average Bonchev–Trinajstić information content (AvgIpc) is 3.80. The Morgan fingerprint density at radius 1 is 0.733 bits per heavy atom. The largest absolute Gasteiger partial charge is 0.297 e. The summed E-state index contributed by atoms with van der Waals surface area (Å²) in [5.74, 6) is -0.327. The molecule has 45 heavy (non-hydrogen) atoms. The molecule has 0 aliphatic heterocycles. The van der Waals surface area contributed by atoms with Crippen LogP contribution >= 0.6 is 23.2 Å². The molecule has 3 heterocycles. The van der Waals surface area contributed by atoms with E-state index < -0.39 is 22.9 Å². The van der Waals surface area contributed by atoms with E-state index in [2.05, 4.69) is 30.2 Å². The van der Waals surface area contributed by atoms with Gasteiger partial charge in [0.15, 0.2) is 11.6 Å². The first-order chi connectivity index (χ1) is 21.4. The fourth-order valence-electron chi connectivity index (χ4n) is 5.23. The van der Waals surface area contributed by atoms with Crippen LogP contribution in [0.5, 0.6) is 0 Å². The third-order valence-electron chi connectivity index (χ3n) is 7.53. The van der Waals surface area contributed by atoms with Crippen LogP contribution in [0.1, 0.15) is 64.3 Å². The van der Waals surface area contributed by atoms with E-state index in [1.807, 2.05) is 58.9 Å². The second-order valence-corrected chi connectivity index (χ2v) is 13.2. The Bertz CT molecular complexity index is 1770. The van der Waals surface area contributed by atoms with Crippen LogP contribution in [0.4, 0.5) is 0 Å². The topological polar surface area (TPSA) is 126 Å². The highest BCUT2D eigenvalue weighted by atomic mass is 35.5. The first-order valence-electron chi connectivity index (χ1n) is 14.2. The second-order valence-electron chi connectivity index (χ2n) is 12.4. The number of hydrogen-bond donors (Lipinski definition) is 0. The third kappa shape index (κ3) is 6.94. The number of ketones is 2. The quantitative estimate of drug-likeness (QED) is 0.154. The summed E-state index contributed by atoms with van der Waals surface area (Å²) in [6.45, 7) is 9.25. The molecule has 11 nitrogen and oxygen atoms in total. The van der Waals surface area contributed by atoms with Gasteiger partial charge in [-0.15, -0.1) is 0 Å². The number of rotatable bonds is 11.